The predicted octanol–water partition coefficient (Wildman–Crippen LogP) is 2.41. The van der Waals surface area contributed by atoms with Gasteiger partial charge in [-0.2, -0.15) is 0 Å². The fourth-order valence-electron chi connectivity index (χ4n) is 2.28. The van der Waals surface area contributed by atoms with Crippen LogP contribution in [0.15, 0.2) is 18.2 Å². The monoisotopic (exact) mass is 313 g/mol. The zero-order chi connectivity index (χ0) is 15.4. The van der Waals surface area contributed by atoms with Gasteiger partial charge in [-0.15, -0.1) is 0 Å². The molecule has 116 valence electrons. The summed E-state index contributed by atoms with van der Waals surface area (Å²) in [7, 11) is 0. The van der Waals surface area contributed by atoms with Crippen molar-refractivity contribution in [2.75, 3.05) is 19.8 Å². The molecule has 1 fully saturated rings. The average Bonchev–Trinajstić information content (AvgIpc) is 2.42. The van der Waals surface area contributed by atoms with Gasteiger partial charge in [-0.1, -0.05) is 17.7 Å². The van der Waals surface area contributed by atoms with Crippen molar-refractivity contribution in [1.29, 1.82) is 0 Å². The van der Waals surface area contributed by atoms with Gasteiger partial charge in [0, 0.05) is 13.1 Å². The van der Waals surface area contributed by atoms with E-state index in [4.69, 9.17) is 21.1 Å². The third kappa shape index (κ3) is 4.33. The number of halogens is 1. The summed E-state index contributed by atoms with van der Waals surface area (Å²) < 4.78 is 10.8. The van der Waals surface area contributed by atoms with Crippen molar-refractivity contribution >= 4 is 17.6 Å². The van der Waals surface area contributed by atoms with Gasteiger partial charge < -0.3 is 14.6 Å². The zero-order valence-corrected chi connectivity index (χ0v) is 13.0. The lowest BCUT2D eigenvalue weighted by Crippen LogP contribution is -2.49. The maximum Gasteiger partial charge on any atom is 0.323 e. The molecule has 1 aliphatic heterocycles. The van der Waals surface area contributed by atoms with Gasteiger partial charge in [0.1, 0.15) is 11.8 Å². The molecule has 1 N–H and O–H groups in total. The minimum absolute atomic E-state index is 0.0592. The number of nitrogens with zero attached hydrogens (tertiary/aromatic N) is 1. The van der Waals surface area contributed by atoms with Gasteiger partial charge in [0.15, 0.2) is 0 Å². The standard InChI is InChI=1S/C15H20ClNO4/c1-10(2)21-14-4-3-11(7-12(14)16)8-17-5-6-20-9-13(17)15(18)19/h3-4,7,10,13H,5-6,8-9H2,1-2H3,(H,18,19)/t13-/m0/s1. The molecule has 21 heavy (non-hydrogen) atoms. The summed E-state index contributed by atoms with van der Waals surface area (Å²) in [5.41, 5.74) is 0.962. The first-order valence-corrected chi connectivity index (χ1v) is 7.35. The lowest BCUT2D eigenvalue weighted by atomic mass is 10.1. The highest BCUT2D eigenvalue weighted by molar-refractivity contribution is 6.32. The number of rotatable bonds is 5. The molecule has 1 atom stereocenters. The van der Waals surface area contributed by atoms with E-state index in [2.05, 4.69) is 0 Å². The highest BCUT2D eigenvalue weighted by Crippen LogP contribution is 2.27. The molecule has 0 aliphatic carbocycles. The summed E-state index contributed by atoms with van der Waals surface area (Å²) in [4.78, 5) is 13.1. The van der Waals surface area contributed by atoms with E-state index in [0.717, 1.165) is 5.56 Å². The van der Waals surface area contributed by atoms with Gasteiger partial charge in [0.25, 0.3) is 0 Å². The number of carboxylic acid groups (broad SMARTS) is 1. The minimum Gasteiger partial charge on any atom is -0.489 e. The summed E-state index contributed by atoms with van der Waals surface area (Å²) in [6, 6.07) is 4.96. The first kappa shape index (κ1) is 16.1. The summed E-state index contributed by atoms with van der Waals surface area (Å²) >= 11 is 6.21. The van der Waals surface area contributed by atoms with Crippen molar-refractivity contribution in [2.24, 2.45) is 0 Å². The van der Waals surface area contributed by atoms with Crippen LogP contribution in [0.1, 0.15) is 19.4 Å². The molecule has 1 saturated heterocycles. The van der Waals surface area contributed by atoms with Crippen LogP contribution >= 0.6 is 11.6 Å². The Morgan fingerprint density at radius 3 is 2.95 bits per heavy atom. The fourth-order valence-corrected chi connectivity index (χ4v) is 2.53. The van der Waals surface area contributed by atoms with Gasteiger partial charge >= 0.3 is 5.97 Å². The maximum absolute atomic E-state index is 11.2. The maximum atomic E-state index is 11.2. The third-order valence-electron chi connectivity index (χ3n) is 3.27. The molecular formula is C15H20ClNO4. The van der Waals surface area contributed by atoms with E-state index in [1.807, 2.05) is 36.9 Å². The zero-order valence-electron chi connectivity index (χ0n) is 12.2. The molecule has 0 saturated carbocycles. The van der Waals surface area contributed by atoms with E-state index in [1.54, 1.807) is 0 Å². The van der Waals surface area contributed by atoms with Crippen molar-refractivity contribution in [3.8, 4) is 5.75 Å². The van der Waals surface area contributed by atoms with E-state index < -0.39 is 12.0 Å². The summed E-state index contributed by atoms with van der Waals surface area (Å²) in [5.74, 6) is -0.215. The number of hydrogen-bond donors (Lipinski definition) is 1. The van der Waals surface area contributed by atoms with Gasteiger partial charge in [-0.25, -0.2) is 0 Å². The molecule has 0 spiro atoms. The summed E-state index contributed by atoms with van der Waals surface area (Å²) in [6.45, 7) is 5.77. The van der Waals surface area contributed by atoms with Gasteiger partial charge in [-0.05, 0) is 31.5 Å². The Morgan fingerprint density at radius 1 is 1.57 bits per heavy atom. The minimum atomic E-state index is -0.861. The van der Waals surface area contributed by atoms with Gasteiger partial charge in [0.05, 0.1) is 24.3 Å². The van der Waals surface area contributed by atoms with Gasteiger partial charge in [0.2, 0.25) is 0 Å². The average molecular weight is 314 g/mol. The molecule has 1 aliphatic rings. The second-order valence-electron chi connectivity index (χ2n) is 5.33. The first-order valence-electron chi connectivity index (χ1n) is 6.97. The summed E-state index contributed by atoms with van der Waals surface area (Å²) in [5, 5.41) is 9.76. The van der Waals surface area contributed by atoms with Crippen LogP contribution in [-0.4, -0.2) is 47.9 Å². The lowest BCUT2D eigenvalue weighted by Gasteiger charge is -2.32. The number of aliphatic carboxylic acids is 1. The molecule has 1 aromatic rings. The SMILES string of the molecule is CC(C)Oc1ccc(CN2CCOC[C@H]2C(=O)O)cc1Cl. The molecule has 5 nitrogen and oxygen atoms in total. The number of morpholine rings is 1. The highest BCUT2D eigenvalue weighted by atomic mass is 35.5. The molecule has 1 aromatic carbocycles. The smallest absolute Gasteiger partial charge is 0.323 e. The molecule has 6 heteroatoms. The van der Waals surface area contributed by atoms with Gasteiger partial charge in [-0.3, -0.25) is 9.69 Å². The van der Waals surface area contributed by atoms with Crippen molar-refractivity contribution in [3.05, 3.63) is 28.8 Å². The molecule has 1 heterocycles. The Hall–Kier alpha value is -1.30. The van der Waals surface area contributed by atoms with Crippen LogP contribution in [-0.2, 0) is 16.1 Å². The second-order valence-corrected chi connectivity index (χ2v) is 5.74. The number of carboxylic acids is 1. The number of hydrogen-bond acceptors (Lipinski definition) is 4. The predicted molar refractivity (Wildman–Crippen MR) is 79.9 cm³/mol. The molecular weight excluding hydrogens is 294 g/mol. The Morgan fingerprint density at radius 2 is 2.33 bits per heavy atom. The molecule has 0 bridgehead atoms. The number of benzene rings is 1. The lowest BCUT2D eigenvalue weighted by molar-refractivity contribution is -0.150. The van der Waals surface area contributed by atoms with Crippen LogP contribution < -0.4 is 4.74 Å². The van der Waals surface area contributed by atoms with Crippen molar-refractivity contribution < 1.29 is 19.4 Å². The topological polar surface area (TPSA) is 59.0 Å². The molecule has 0 radical (unpaired) electrons. The molecule has 0 unspecified atom stereocenters. The highest BCUT2D eigenvalue weighted by Gasteiger charge is 2.29. The molecule has 2 rings (SSSR count). The van der Waals surface area contributed by atoms with E-state index in [0.29, 0.717) is 30.5 Å². The third-order valence-corrected chi connectivity index (χ3v) is 3.56. The van der Waals surface area contributed by atoms with Crippen LogP contribution in [0.5, 0.6) is 5.75 Å². The normalized spacial score (nSPS) is 19.7. The van der Waals surface area contributed by atoms with E-state index in [9.17, 15) is 9.90 Å². The Kier molecular flexibility index (Phi) is 5.45. The number of ether oxygens (including phenoxy) is 2. The van der Waals surface area contributed by atoms with Crippen LogP contribution in [0.3, 0.4) is 0 Å². The van der Waals surface area contributed by atoms with Crippen LogP contribution in [0.4, 0.5) is 0 Å². The second kappa shape index (κ2) is 7.11. The first-order chi connectivity index (χ1) is 9.97. The quantitative estimate of drug-likeness (QED) is 0.904. The Labute approximate surface area is 129 Å². The molecule has 0 aromatic heterocycles. The van der Waals surface area contributed by atoms with Crippen LogP contribution in [0.2, 0.25) is 5.02 Å². The van der Waals surface area contributed by atoms with Crippen molar-refractivity contribution in [3.63, 3.8) is 0 Å². The van der Waals surface area contributed by atoms with Crippen molar-refractivity contribution in [1.82, 2.24) is 4.90 Å². The van der Waals surface area contributed by atoms with Crippen molar-refractivity contribution in [2.45, 2.75) is 32.5 Å². The van der Waals surface area contributed by atoms with Crippen LogP contribution in [0, 0.1) is 0 Å². The Bertz CT molecular complexity index is 506. The van der Waals surface area contributed by atoms with E-state index in [-0.39, 0.29) is 12.7 Å². The molecule has 0 amide bonds. The number of carbonyl (C=O) groups is 1. The van der Waals surface area contributed by atoms with E-state index >= 15 is 0 Å². The largest absolute Gasteiger partial charge is 0.489 e. The van der Waals surface area contributed by atoms with E-state index in [1.165, 1.54) is 0 Å². The Balaban J connectivity index is 2.08. The summed E-state index contributed by atoms with van der Waals surface area (Å²) in [6.07, 6.45) is 0.0592. The van der Waals surface area contributed by atoms with Crippen LogP contribution in [0.25, 0.3) is 0 Å². The fraction of sp³-hybridized carbons (Fsp3) is 0.533.